The summed E-state index contributed by atoms with van der Waals surface area (Å²) in [4.78, 5) is 0. The molecule has 1 aliphatic rings. The molecule has 0 spiro atoms. The summed E-state index contributed by atoms with van der Waals surface area (Å²) in [6.45, 7) is 7.99. The summed E-state index contributed by atoms with van der Waals surface area (Å²) < 4.78 is 0. The van der Waals surface area contributed by atoms with Crippen LogP contribution < -0.4 is 5.73 Å². The van der Waals surface area contributed by atoms with Crippen molar-refractivity contribution in [3.8, 4) is 0 Å². The van der Waals surface area contributed by atoms with Crippen molar-refractivity contribution in [2.75, 3.05) is 6.54 Å². The SMILES string of the molecule is CCCCCCCCCCC1(CN)CCC(C(C)C)CC1. The van der Waals surface area contributed by atoms with E-state index in [-0.39, 0.29) is 0 Å². The van der Waals surface area contributed by atoms with Gasteiger partial charge in [0.2, 0.25) is 0 Å². The van der Waals surface area contributed by atoms with E-state index < -0.39 is 0 Å². The Hall–Kier alpha value is -0.0400. The average molecular weight is 296 g/mol. The summed E-state index contributed by atoms with van der Waals surface area (Å²) in [7, 11) is 0. The first-order valence-electron chi connectivity index (χ1n) is 9.83. The topological polar surface area (TPSA) is 26.0 Å². The summed E-state index contributed by atoms with van der Waals surface area (Å²) in [5.74, 6) is 1.83. The molecule has 0 aromatic carbocycles. The molecule has 0 unspecified atom stereocenters. The molecule has 0 atom stereocenters. The highest BCUT2D eigenvalue weighted by Gasteiger charge is 2.34. The maximum absolute atomic E-state index is 6.16. The Morgan fingerprint density at radius 3 is 1.90 bits per heavy atom. The first-order valence-corrected chi connectivity index (χ1v) is 9.83. The first kappa shape index (κ1) is 19.0. The number of hydrogen-bond donors (Lipinski definition) is 1. The van der Waals surface area contributed by atoms with E-state index in [1.54, 1.807) is 0 Å². The van der Waals surface area contributed by atoms with Crippen LogP contribution in [-0.2, 0) is 0 Å². The molecule has 1 fully saturated rings. The molecule has 1 nitrogen and oxygen atoms in total. The van der Waals surface area contributed by atoms with Crippen molar-refractivity contribution in [2.45, 2.75) is 104 Å². The Morgan fingerprint density at radius 1 is 0.905 bits per heavy atom. The Morgan fingerprint density at radius 2 is 1.43 bits per heavy atom. The Labute approximate surface area is 134 Å². The van der Waals surface area contributed by atoms with Crippen LogP contribution in [0.1, 0.15) is 104 Å². The standard InChI is InChI=1S/C20H41N/c1-4-5-6-7-8-9-10-11-14-20(17-21)15-12-19(13-16-20)18(2)3/h18-19H,4-17,21H2,1-3H3. The summed E-state index contributed by atoms with van der Waals surface area (Å²) >= 11 is 0. The monoisotopic (exact) mass is 295 g/mol. The molecule has 1 heteroatoms. The summed E-state index contributed by atoms with van der Waals surface area (Å²) in [5.41, 5.74) is 6.66. The minimum absolute atomic E-state index is 0.508. The van der Waals surface area contributed by atoms with Crippen LogP contribution in [0, 0.1) is 17.3 Å². The Kier molecular flexibility index (Phi) is 9.64. The molecule has 1 saturated carbocycles. The van der Waals surface area contributed by atoms with Crippen molar-refractivity contribution in [3.63, 3.8) is 0 Å². The Bertz CT molecular complexity index is 238. The second-order valence-electron chi connectivity index (χ2n) is 8.01. The average Bonchev–Trinajstić information content (AvgIpc) is 2.50. The van der Waals surface area contributed by atoms with Crippen molar-refractivity contribution in [1.29, 1.82) is 0 Å². The molecule has 0 aliphatic heterocycles. The Balaban J connectivity index is 2.11. The van der Waals surface area contributed by atoms with Crippen LogP contribution in [0.3, 0.4) is 0 Å². The highest BCUT2D eigenvalue weighted by molar-refractivity contribution is 4.87. The molecule has 1 aliphatic carbocycles. The predicted octanol–water partition coefficient (Wildman–Crippen LogP) is 6.31. The molecule has 0 saturated heterocycles. The van der Waals surface area contributed by atoms with Crippen LogP contribution >= 0.6 is 0 Å². The normalized spacial score (nSPS) is 26.4. The lowest BCUT2D eigenvalue weighted by Gasteiger charge is -2.41. The van der Waals surface area contributed by atoms with Gasteiger partial charge in [-0.1, -0.05) is 72.1 Å². The second kappa shape index (κ2) is 10.6. The lowest BCUT2D eigenvalue weighted by atomic mass is 9.66. The van der Waals surface area contributed by atoms with E-state index >= 15 is 0 Å². The minimum atomic E-state index is 0.508. The lowest BCUT2D eigenvalue weighted by Crippen LogP contribution is -2.35. The quantitative estimate of drug-likeness (QED) is 0.444. The van der Waals surface area contributed by atoms with Gasteiger partial charge in [0.05, 0.1) is 0 Å². The highest BCUT2D eigenvalue weighted by Crippen LogP contribution is 2.44. The van der Waals surface area contributed by atoms with Gasteiger partial charge >= 0.3 is 0 Å². The fourth-order valence-electron chi connectivity index (χ4n) is 4.11. The van der Waals surface area contributed by atoms with Gasteiger partial charge in [0.25, 0.3) is 0 Å². The molecule has 1 rings (SSSR count). The van der Waals surface area contributed by atoms with Crippen LogP contribution in [0.5, 0.6) is 0 Å². The molecule has 0 bridgehead atoms. The second-order valence-corrected chi connectivity index (χ2v) is 8.01. The van der Waals surface area contributed by atoms with Crippen molar-refractivity contribution in [2.24, 2.45) is 23.0 Å². The molecule has 0 heterocycles. The third-order valence-electron chi connectivity index (χ3n) is 6.03. The molecular formula is C20H41N. The van der Waals surface area contributed by atoms with E-state index in [2.05, 4.69) is 20.8 Å². The first-order chi connectivity index (χ1) is 10.1. The molecular weight excluding hydrogens is 254 g/mol. The zero-order valence-corrected chi connectivity index (χ0v) is 15.1. The van der Waals surface area contributed by atoms with Gasteiger partial charge < -0.3 is 5.73 Å². The lowest BCUT2D eigenvalue weighted by molar-refractivity contribution is 0.119. The van der Waals surface area contributed by atoms with Gasteiger partial charge in [0, 0.05) is 0 Å². The van der Waals surface area contributed by atoms with Gasteiger partial charge in [-0.2, -0.15) is 0 Å². The van der Waals surface area contributed by atoms with Crippen LogP contribution in [0.15, 0.2) is 0 Å². The molecule has 2 N–H and O–H groups in total. The molecule has 126 valence electrons. The minimum Gasteiger partial charge on any atom is -0.330 e. The third kappa shape index (κ3) is 7.17. The summed E-state index contributed by atoms with van der Waals surface area (Å²) in [6.07, 6.45) is 18.4. The van der Waals surface area contributed by atoms with Crippen LogP contribution in [0.4, 0.5) is 0 Å². The fourth-order valence-corrected chi connectivity index (χ4v) is 4.11. The zero-order chi connectivity index (χ0) is 15.6. The predicted molar refractivity (Wildman–Crippen MR) is 95.5 cm³/mol. The van der Waals surface area contributed by atoms with Crippen molar-refractivity contribution in [1.82, 2.24) is 0 Å². The zero-order valence-electron chi connectivity index (χ0n) is 15.1. The maximum Gasteiger partial charge on any atom is -0.00205 e. The molecule has 0 aromatic rings. The number of rotatable bonds is 11. The van der Waals surface area contributed by atoms with Crippen molar-refractivity contribution < 1.29 is 0 Å². The highest BCUT2D eigenvalue weighted by atomic mass is 14.6. The van der Waals surface area contributed by atoms with E-state index in [0.29, 0.717) is 5.41 Å². The smallest absolute Gasteiger partial charge is 0.00205 e. The maximum atomic E-state index is 6.16. The molecule has 0 radical (unpaired) electrons. The number of nitrogens with two attached hydrogens (primary N) is 1. The van der Waals surface area contributed by atoms with E-state index in [9.17, 15) is 0 Å². The van der Waals surface area contributed by atoms with Gasteiger partial charge in [0.1, 0.15) is 0 Å². The van der Waals surface area contributed by atoms with Crippen molar-refractivity contribution in [3.05, 3.63) is 0 Å². The van der Waals surface area contributed by atoms with Gasteiger partial charge in [0.15, 0.2) is 0 Å². The van der Waals surface area contributed by atoms with E-state index in [1.807, 2.05) is 0 Å². The van der Waals surface area contributed by atoms with E-state index in [4.69, 9.17) is 5.73 Å². The largest absolute Gasteiger partial charge is 0.330 e. The fraction of sp³-hybridized carbons (Fsp3) is 1.00. The van der Waals surface area contributed by atoms with Crippen molar-refractivity contribution >= 4 is 0 Å². The third-order valence-corrected chi connectivity index (χ3v) is 6.03. The number of unbranched alkanes of at least 4 members (excludes halogenated alkanes) is 7. The van der Waals surface area contributed by atoms with Crippen LogP contribution in [0.2, 0.25) is 0 Å². The summed E-state index contributed by atoms with van der Waals surface area (Å²) in [6, 6.07) is 0. The van der Waals surface area contributed by atoms with Gasteiger partial charge in [-0.3, -0.25) is 0 Å². The molecule has 0 amide bonds. The summed E-state index contributed by atoms with van der Waals surface area (Å²) in [5, 5.41) is 0. The van der Waals surface area contributed by atoms with Crippen LogP contribution in [0.25, 0.3) is 0 Å². The van der Waals surface area contributed by atoms with E-state index in [0.717, 1.165) is 18.4 Å². The van der Waals surface area contributed by atoms with Gasteiger partial charge in [-0.05, 0) is 55.9 Å². The molecule has 0 aromatic heterocycles. The van der Waals surface area contributed by atoms with E-state index in [1.165, 1.54) is 83.5 Å². The van der Waals surface area contributed by atoms with Gasteiger partial charge in [-0.15, -0.1) is 0 Å². The van der Waals surface area contributed by atoms with Crippen LogP contribution in [-0.4, -0.2) is 6.54 Å². The molecule has 21 heavy (non-hydrogen) atoms. The van der Waals surface area contributed by atoms with Gasteiger partial charge in [-0.25, -0.2) is 0 Å². The number of hydrogen-bond acceptors (Lipinski definition) is 1.